The molecule has 3 fully saturated rings. The van der Waals surface area contributed by atoms with E-state index in [1.165, 1.54) is 162 Å². The number of rotatable bonds is 6. The predicted octanol–water partition coefficient (Wildman–Crippen LogP) is 15.1. The summed E-state index contributed by atoms with van der Waals surface area (Å²) in [6.45, 7) is 17.1. The number of allylic oxidation sites excluding steroid dienone is 1. The minimum Gasteiger partial charge on any atom is -0.298 e. The van der Waals surface area contributed by atoms with Gasteiger partial charge in [-0.2, -0.15) is 0 Å². The van der Waals surface area contributed by atoms with Gasteiger partial charge in [0.25, 0.3) is 0 Å². The van der Waals surface area contributed by atoms with Gasteiger partial charge in [-0.25, -0.2) is 0 Å². The van der Waals surface area contributed by atoms with E-state index in [0.717, 1.165) is 11.3 Å². The van der Waals surface area contributed by atoms with Crippen LogP contribution < -0.4 is 0 Å². The normalized spacial score (nSPS) is 19.4. The van der Waals surface area contributed by atoms with Crippen LogP contribution in [-0.2, 0) is 19.5 Å². The van der Waals surface area contributed by atoms with Crippen molar-refractivity contribution in [3.8, 4) is 11.4 Å². The van der Waals surface area contributed by atoms with E-state index >= 15 is 0 Å². The third-order valence-electron chi connectivity index (χ3n) is 14.3. The van der Waals surface area contributed by atoms with Crippen molar-refractivity contribution in [1.29, 1.82) is 0 Å². The van der Waals surface area contributed by atoms with Gasteiger partial charge in [-0.15, -0.1) is 0 Å². The molecule has 56 heavy (non-hydrogen) atoms. The van der Waals surface area contributed by atoms with Crippen molar-refractivity contribution in [3.63, 3.8) is 0 Å². The van der Waals surface area contributed by atoms with Crippen LogP contribution in [0, 0.1) is 60.6 Å². The van der Waals surface area contributed by atoms with Gasteiger partial charge in [-0.1, -0.05) is 128 Å². The van der Waals surface area contributed by atoms with E-state index in [1.54, 1.807) is 10.8 Å². The van der Waals surface area contributed by atoms with Crippen molar-refractivity contribution in [2.24, 2.45) is 0 Å². The molecule has 2 nitrogen and oxygen atoms in total. The Hall–Kier alpha value is -2.86. The predicted molar refractivity (Wildman–Crippen MR) is 241 cm³/mol. The number of hydrogen-bond acceptors (Lipinski definition) is 0. The molecule has 8 rings (SSSR count). The first-order valence-electron chi connectivity index (χ1n) is 22.0. The Balaban J connectivity index is 0.00000480. The molecule has 3 aliphatic carbocycles. The zero-order chi connectivity index (χ0) is 38.4. The zero-order valence-corrected chi connectivity index (χ0v) is 38.4. The molecule has 4 heteroatoms. The molecule has 0 bridgehead atoms. The number of nitrogens with zero attached hydrogens (tertiary/aromatic N) is 2. The number of hydrogen-bond donors (Lipinski definition) is 0. The van der Waals surface area contributed by atoms with E-state index < -0.39 is 6.89 Å². The summed E-state index contributed by atoms with van der Waals surface area (Å²) >= 11 is 0. The van der Waals surface area contributed by atoms with Gasteiger partial charge < -0.3 is 0 Å². The summed E-state index contributed by atoms with van der Waals surface area (Å²) in [6, 6.07) is 26.0. The Labute approximate surface area is 352 Å². The second-order valence-electron chi connectivity index (χ2n) is 18.1. The maximum Gasteiger partial charge on any atom is 0.118 e. The number of aryl methyl sites for hydroxylation is 6. The monoisotopic (exact) mass is 852 g/mol. The van der Waals surface area contributed by atoms with Crippen LogP contribution in [-0.4, -0.2) is 26.1 Å². The molecule has 1 heterocycles. The molecular weight excluding hydrogens is 785 g/mol. The third kappa shape index (κ3) is 7.36. The van der Waals surface area contributed by atoms with Crippen molar-refractivity contribution in [1.82, 2.24) is 9.13 Å². The fourth-order valence-corrected chi connectivity index (χ4v) is 19.7. The van der Waals surface area contributed by atoms with Crippen LogP contribution in [0.5, 0.6) is 0 Å². The van der Waals surface area contributed by atoms with E-state index in [1.807, 2.05) is 0 Å². The minimum absolute atomic E-state index is 0. The fourth-order valence-electron chi connectivity index (χ4n) is 12.1. The number of aromatic nitrogens is 2. The van der Waals surface area contributed by atoms with Crippen LogP contribution in [0.3, 0.4) is 0 Å². The third-order valence-corrected chi connectivity index (χ3v) is 20.4. The topological polar surface area (TPSA) is 9.86 Å². The second-order valence-corrected chi connectivity index (χ2v) is 22.3. The summed E-state index contributed by atoms with van der Waals surface area (Å²) in [5.41, 5.74) is 19.5. The quantitative estimate of drug-likeness (QED) is 0.119. The Bertz CT molecular complexity index is 2200. The Morgan fingerprint density at radius 3 is 1.48 bits per heavy atom. The summed E-state index contributed by atoms with van der Waals surface area (Å²) in [4.78, 5) is 0. The molecule has 1 aromatic heterocycles. The molecule has 4 aromatic carbocycles. The molecule has 1 unspecified atom stereocenters. The van der Waals surface area contributed by atoms with Crippen LogP contribution in [0.15, 0.2) is 72.3 Å². The van der Waals surface area contributed by atoms with Gasteiger partial charge in [-0.05, 0) is 163 Å². The first-order chi connectivity index (χ1) is 26.6. The molecule has 0 aliphatic heterocycles. The van der Waals surface area contributed by atoms with Gasteiger partial charge in [0.05, 0.1) is 11.4 Å². The van der Waals surface area contributed by atoms with Crippen molar-refractivity contribution >= 4 is 23.7 Å². The van der Waals surface area contributed by atoms with E-state index in [0.29, 0.717) is 5.66 Å². The van der Waals surface area contributed by atoms with E-state index in [2.05, 4.69) is 137 Å². The molecule has 298 valence electrons. The Morgan fingerprint density at radius 1 is 0.518 bits per heavy atom. The Morgan fingerprint density at radius 2 is 0.982 bits per heavy atom. The minimum atomic E-state index is -1.97. The summed E-state index contributed by atoms with van der Waals surface area (Å²) < 4.78 is 5.86. The van der Waals surface area contributed by atoms with Gasteiger partial charge in [0.2, 0.25) is 0 Å². The maximum atomic E-state index is 2.93. The maximum absolute atomic E-state index is 2.93. The zero-order valence-electron chi connectivity index (χ0n) is 35.8. The van der Waals surface area contributed by atoms with Gasteiger partial charge >= 0.3 is 0 Å². The second kappa shape index (κ2) is 17.2. The summed E-state index contributed by atoms with van der Waals surface area (Å²) in [5, 5.41) is 4.43. The first kappa shape index (κ1) is 41.3. The van der Waals surface area contributed by atoms with E-state index in [9.17, 15) is 0 Å². The molecule has 5 aromatic rings. The summed E-state index contributed by atoms with van der Waals surface area (Å²) in [7, 11) is 0. The molecule has 3 aliphatic rings. The van der Waals surface area contributed by atoms with Crippen molar-refractivity contribution in [2.75, 3.05) is 0 Å². The summed E-state index contributed by atoms with van der Waals surface area (Å²) in [6.07, 6.45) is 21.9. The largest absolute Gasteiger partial charge is 0.298 e. The fraction of sp³-hybridized carbons (Fsp3) is 0.481. The van der Waals surface area contributed by atoms with Gasteiger partial charge in [0.15, 0.2) is 0 Å². The van der Waals surface area contributed by atoms with Crippen LogP contribution in [0.25, 0.3) is 28.2 Å². The van der Waals surface area contributed by atoms with Crippen molar-refractivity contribution < 1.29 is 19.5 Å². The number of imidazole rings is 1. The molecule has 0 amide bonds. The van der Waals surface area contributed by atoms with E-state index in [4.69, 9.17) is 0 Å². The van der Waals surface area contributed by atoms with Crippen molar-refractivity contribution in [3.05, 3.63) is 128 Å². The van der Waals surface area contributed by atoms with Crippen LogP contribution >= 0.6 is 6.89 Å². The van der Waals surface area contributed by atoms with E-state index in [-0.39, 0.29) is 19.5 Å². The van der Waals surface area contributed by atoms with Crippen LogP contribution in [0.2, 0.25) is 0 Å². The summed E-state index contributed by atoms with van der Waals surface area (Å²) in [5.74, 6) is 0. The number of benzene rings is 4. The van der Waals surface area contributed by atoms with Gasteiger partial charge in [0.1, 0.15) is 5.20 Å². The molecule has 3 saturated carbocycles. The molecule has 0 spiro atoms. The molecule has 0 saturated heterocycles. The van der Waals surface area contributed by atoms with Crippen LogP contribution in [0.4, 0.5) is 0 Å². The molecule has 1 atom stereocenters. The van der Waals surface area contributed by atoms with Gasteiger partial charge in [-0.3, -0.25) is 9.13 Å². The smallest absolute Gasteiger partial charge is 0.118 e. The average molecular weight is 852 g/mol. The SMILES string of the molecule is Cc1cc(C)c(-n2c(C)c(C)n(-c3c(C)cc(C)cc3C)c2=P(C2CCCCC2)(C2CCCCC2)C2CCCCC2=Cc2ccc3ccccc3c2)c(C)c1.[Ru]. The van der Waals surface area contributed by atoms with Crippen molar-refractivity contribution in [2.45, 2.75) is 162 Å². The molecular formula is C52H67N2PRu. The average Bonchev–Trinajstić information content (AvgIpc) is 3.41. The number of fused-ring (bicyclic) bond motifs is 1. The van der Waals surface area contributed by atoms with Crippen LogP contribution in [0.1, 0.15) is 140 Å². The van der Waals surface area contributed by atoms with Gasteiger partial charge in [0, 0.05) is 36.5 Å². The molecule has 0 N–H and O–H groups in total. The Kier molecular flexibility index (Phi) is 12.7. The molecule has 0 radical (unpaired) electrons. The first-order valence-corrected chi connectivity index (χ1v) is 24.0. The standard InChI is InChI=1S/C52H67N2P.Ru/c1-35-29-37(3)50(38(4)30-35)53-41(7)42(8)54(51-39(5)31-36(2)32-40(51)6)52(53)55(47-22-11-9-12-23-47,48-24-13-10-14-25-48)49-26-18-17-21-46(49)34-43-27-28-44-19-15-16-20-45(44)33-43;/h15-16,19-20,27-34,47-49H,9-14,17-18,21-26H2,1-8H3;.